The van der Waals surface area contributed by atoms with Crippen LogP contribution in [0.25, 0.3) is 0 Å². The molecule has 22 heavy (non-hydrogen) atoms. The lowest BCUT2D eigenvalue weighted by Gasteiger charge is -2.45. The lowest BCUT2D eigenvalue weighted by molar-refractivity contribution is -0.144. The summed E-state index contributed by atoms with van der Waals surface area (Å²) in [6.07, 6.45) is 4.10. The van der Waals surface area contributed by atoms with E-state index in [9.17, 15) is 4.79 Å². The molecular formula is C18H26N2O2. The fourth-order valence-electron chi connectivity index (χ4n) is 3.66. The summed E-state index contributed by atoms with van der Waals surface area (Å²) >= 11 is 0. The molecule has 1 aromatic carbocycles. The van der Waals surface area contributed by atoms with E-state index in [1.165, 1.54) is 18.4 Å². The molecule has 3 rings (SSSR count). The second-order valence-electron chi connectivity index (χ2n) is 6.71. The van der Waals surface area contributed by atoms with Crippen molar-refractivity contribution >= 4 is 5.91 Å². The number of piperidine rings is 1. The maximum atomic E-state index is 11.6. The third kappa shape index (κ3) is 3.50. The van der Waals surface area contributed by atoms with Gasteiger partial charge in [0, 0.05) is 13.6 Å². The van der Waals surface area contributed by atoms with E-state index in [-0.39, 0.29) is 12.0 Å². The molecule has 1 atom stereocenters. The highest BCUT2D eigenvalue weighted by molar-refractivity contribution is 5.80. The zero-order valence-electron chi connectivity index (χ0n) is 13.4. The molecule has 1 aromatic rings. The molecule has 120 valence electrons. The molecule has 0 saturated carbocycles. The standard InChI is InChI=1S/C18H26N2O2/c1-19-17(21)16-7-8-18(14-22-16)9-11-20(12-10-18)13-15-5-3-2-4-6-15/h2-6,16H,7-14H2,1H3,(H,19,21). The molecule has 1 unspecified atom stereocenters. The van der Waals surface area contributed by atoms with Crippen molar-refractivity contribution in [1.82, 2.24) is 10.2 Å². The summed E-state index contributed by atoms with van der Waals surface area (Å²) in [6, 6.07) is 10.7. The van der Waals surface area contributed by atoms with E-state index < -0.39 is 0 Å². The molecule has 2 aliphatic heterocycles. The van der Waals surface area contributed by atoms with E-state index in [0.29, 0.717) is 5.41 Å². The maximum absolute atomic E-state index is 11.6. The molecule has 4 nitrogen and oxygen atoms in total. The van der Waals surface area contributed by atoms with Crippen molar-refractivity contribution in [2.24, 2.45) is 5.41 Å². The van der Waals surface area contributed by atoms with Gasteiger partial charge in [0.05, 0.1) is 6.61 Å². The van der Waals surface area contributed by atoms with Crippen LogP contribution in [0.3, 0.4) is 0 Å². The monoisotopic (exact) mass is 302 g/mol. The predicted octanol–water partition coefficient (Wildman–Crippen LogP) is 2.19. The van der Waals surface area contributed by atoms with E-state index >= 15 is 0 Å². The van der Waals surface area contributed by atoms with Crippen molar-refractivity contribution < 1.29 is 9.53 Å². The Bertz CT molecular complexity index is 485. The van der Waals surface area contributed by atoms with Crippen LogP contribution in [0.1, 0.15) is 31.2 Å². The molecule has 0 bridgehead atoms. The van der Waals surface area contributed by atoms with Gasteiger partial charge in [-0.15, -0.1) is 0 Å². The van der Waals surface area contributed by atoms with Gasteiger partial charge in [-0.2, -0.15) is 0 Å². The number of amides is 1. The Labute approximate surface area is 132 Å². The number of benzene rings is 1. The van der Waals surface area contributed by atoms with Crippen LogP contribution in [0.4, 0.5) is 0 Å². The minimum Gasteiger partial charge on any atom is -0.368 e. The summed E-state index contributed by atoms with van der Waals surface area (Å²) in [5.74, 6) is 0.0244. The average Bonchev–Trinajstić information content (AvgIpc) is 2.58. The van der Waals surface area contributed by atoms with Gasteiger partial charge < -0.3 is 10.1 Å². The van der Waals surface area contributed by atoms with Gasteiger partial charge in [0.1, 0.15) is 6.10 Å². The molecule has 0 radical (unpaired) electrons. The first kappa shape index (κ1) is 15.5. The van der Waals surface area contributed by atoms with Crippen LogP contribution in [-0.2, 0) is 16.1 Å². The van der Waals surface area contributed by atoms with Crippen LogP contribution in [0, 0.1) is 5.41 Å². The third-order valence-corrected chi connectivity index (χ3v) is 5.23. The van der Waals surface area contributed by atoms with Crippen LogP contribution in [0.2, 0.25) is 0 Å². The van der Waals surface area contributed by atoms with E-state index in [2.05, 4.69) is 40.5 Å². The van der Waals surface area contributed by atoms with Crippen molar-refractivity contribution in [3.05, 3.63) is 35.9 Å². The summed E-state index contributed by atoms with van der Waals surface area (Å²) in [6.45, 7) is 4.04. The van der Waals surface area contributed by atoms with Crippen LogP contribution >= 0.6 is 0 Å². The van der Waals surface area contributed by atoms with Gasteiger partial charge in [-0.25, -0.2) is 0 Å². The van der Waals surface area contributed by atoms with Gasteiger partial charge >= 0.3 is 0 Å². The molecule has 0 aromatic heterocycles. The summed E-state index contributed by atoms with van der Waals surface area (Å²) < 4.78 is 5.85. The van der Waals surface area contributed by atoms with Crippen LogP contribution < -0.4 is 5.32 Å². The number of hydrogen-bond acceptors (Lipinski definition) is 3. The maximum Gasteiger partial charge on any atom is 0.248 e. The summed E-state index contributed by atoms with van der Waals surface area (Å²) in [5.41, 5.74) is 1.69. The fourth-order valence-corrected chi connectivity index (χ4v) is 3.66. The van der Waals surface area contributed by atoms with Gasteiger partial charge in [0.15, 0.2) is 0 Å². The second-order valence-corrected chi connectivity index (χ2v) is 6.71. The molecule has 2 fully saturated rings. The number of likely N-dealkylation sites (N-methyl/N-ethyl adjacent to an activating group) is 1. The van der Waals surface area contributed by atoms with E-state index in [0.717, 1.165) is 39.1 Å². The fraction of sp³-hybridized carbons (Fsp3) is 0.611. The van der Waals surface area contributed by atoms with E-state index in [1.54, 1.807) is 7.05 Å². The highest BCUT2D eigenvalue weighted by Gasteiger charge is 2.40. The first-order valence-electron chi connectivity index (χ1n) is 8.30. The number of rotatable bonds is 3. The zero-order valence-corrected chi connectivity index (χ0v) is 13.4. The van der Waals surface area contributed by atoms with Gasteiger partial charge in [0.25, 0.3) is 0 Å². The summed E-state index contributed by atoms with van der Waals surface area (Å²) in [7, 11) is 1.68. The molecular weight excluding hydrogens is 276 g/mol. The topological polar surface area (TPSA) is 41.6 Å². The highest BCUT2D eigenvalue weighted by atomic mass is 16.5. The Balaban J connectivity index is 1.49. The largest absolute Gasteiger partial charge is 0.368 e. The minimum absolute atomic E-state index is 0.0244. The van der Waals surface area contributed by atoms with E-state index in [1.807, 2.05) is 0 Å². The van der Waals surface area contributed by atoms with Crippen LogP contribution in [0.5, 0.6) is 0 Å². The third-order valence-electron chi connectivity index (χ3n) is 5.23. The Morgan fingerprint density at radius 3 is 2.59 bits per heavy atom. The first-order valence-corrected chi connectivity index (χ1v) is 8.30. The summed E-state index contributed by atoms with van der Waals surface area (Å²) in [4.78, 5) is 14.2. The highest BCUT2D eigenvalue weighted by Crippen LogP contribution is 2.40. The lowest BCUT2D eigenvalue weighted by Crippen LogP contribution is -2.48. The SMILES string of the molecule is CNC(=O)C1CCC2(CCN(Cc3ccccc3)CC2)CO1. The number of ether oxygens (including phenoxy) is 1. The minimum atomic E-state index is -0.238. The van der Waals surface area contributed by atoms with Crippen molar-refractivity contribution in [1.29, 1.82) is 0 Å². The van der Waals surface area contributed by atoms with Crippen molar-refractivity contribution in [2.45, 2.75) is 38.3 Å². The number of likely N-dealkylation sites (tertiary alicyclic amines) is 1. The molecule has 1 amide bonds. The Morgan fingerprint density at radius 1 is 1.27 bits per heavy atom. The van der Waals surface area contributed by atoms with Crippen molar-refractivity contribution in [2.75, 3.05) is 26.7 Å². The quantitative estimate of drug-likeness (QED) is 0.930. The molecule has 2 heterocycles. The van der Waals surface area contributed by atoms with Gasteiger partial charge in [-0.3, -0.25) is 9.69 Å². The smallest absolute Gasteiger partial charge is 0.248 e. The Hall–Kier alpha value is -1.39. The van der Waals surface area contributed by atoms with Gasteiger partial charge in [-0.1, -0.05) is 30.3 Å². The Kier molecular flexibility index (Phi) is 4.79. The van der Waals surface area contributed by atoms with Crippen molar-refractivity contribution in [3.8, 4) is 0 Å². The Morgan fingerprint density at radius 2 is 2.00 bits per heavy atom. The molecule has 0 aliphatic carbocycles. The molecule has 2 saturated heterocycles. The summed E-state index contributed by atoms with van der Waals surface area (Å²) in [5, 5.41) is 2.69. The molecule has 2 aliphatic rings. The number of hydrogen-bond donors (Lipinski definition) is 1. The number of nitrogens with zero attached hydrogens (tertiary/aromatic N) is 1. The second kappa shape index (κ2) is 6.80. The molecule has 1 spiro atoms. The van der Waals surface area contributed by atoms with Gasteiger partial charge in [-0.05, 0) is 49.8 Å². The van der Waals surface area contributed by atoms with Crippen LogP contribution in [-0.4, -0.2) is 43.7 Å². The predicted molar refractivity (Wildman–Crippen MR) is 86.4 cm³/mol. The zero-order chi connectivity index (χ0) is 15.4. The number of carbonyl (C=O) groups excluding carboxylic acids is 1. The lowest BCUT2D eigenvalue weighted by atomic mass is 9.73. The van der Waals surface area contributed by atoms with E-state index in [4.69, 9.17) is 4.74 Å². The van der Waals surface area contributed by atoms with Crippen LogP contribution in [0.15, 0.2) is 30.3 Å². The number of carbonyl (C=O) groups is 1. The number of nitrogens with one attached hydrogen (secondary N) is 1. The first-order chi connectivity index (χ1) is 10.7. The molecule has 4 heteroatoms. The van der Waals surface area contributed by atoms with Gasteiger partial charge in [0.2, 0.25) is 5.91 Å². The normalized spacial score (nSPS) is 25.0. The molecule has 1 N–H and O–H groups in total. The van der Waals surface area contributed by atoms with Crippen molar-refractivity contribution in [3.63, 3.8) is 0 Å². The average molecular weight is 302 g/mol.